The summed E-state index contributed by atoms with van der Waals surface area (Å²) >= 11 is 0. The third-order valence-electron chi connectivity index (χ3n) is 5.77. The highest BCUT2D eigenvalue weighted by Crippen LogP contribution is 2.48. The van der Waals surface area contributed by atoms with Gasteiger partial charge in [-0.3, -0.25) is 0 Å². The SMILES string of the molecule is CCCOc1ccccc1C1Oc2ccccc2C2CC(c3ccc(OC)cc3)=NN21. The zero-order valence-corrected chi connectivity index (χ0v) is 17.8. The maximum absolute atomic E-state index is 6.49. The van der Waals surface area contributed by atoms with E-state index in [1.54, 1.807) is 7.11 Å². The van der Waals surface area contributed by atoms with Crippen molar-refractivity contribution in [2.75, 3.05) is 13.7 Å². The lowest BCUT2D eigenvalue weighted by Gasteiger charge is -2.38. The van der Waals surface area contributed by atoms with E-state index < -0.39 is 0 Å². The van der Waals surface area contributed by atoms with Crippen LogP contribution in [0, 0.1) is 0 Å². The summed E-state index contributed by atoms with van der Waals surface area (Å²) < 4.78 is 17.8. The predicted molar refractivity (Wildman–Crippen MR) is 121 cm³/mol. The third-order valence-corrected chi connectivity index (χ3v) is 5.77. The number of hydrogen-bond donors (Lipinski definition) is 0. The molecule has 0 radical (unpaired) electrons. The number of hydrogen-bond acceptors (Lipinski definition) is 5. The molecule has 2 unspecified atom stereocenters. The number of para-hydroxylation sites is 2. The molecule has 31 heavy (non-hydrogen) atoms. The Morgan fingerprint density at radius 2 is 1.71 bits per heavy atom. The average molecular weight is 415 g/mol. The Labute approximate surface area is 182 Å². The smallest absolute Gasteiger partial charge is 0.217 e. The number of rotatable bonds is 6. The number of hydrazone groups is 1. The molecular weight excluding hydrogens is 388 g/mol. The van der Waals surface area contributed by atoms with Crippen molar-refractivity contribution in [2.24, 2.45) is 5.10 Å². The van der Waals surface area contributed by atoms with Crippen molar-refractivity contribution in [3.63, 3.8) is 0 Å². The minimum Gasteiger partial charge on any atom is -0.497 e. The minimum atomic E-state index is -0.344. The second kappa shape index (κ2) is 8.34. The van der Waals surface area contributed by atoms with E-state index in [1.807, 2.05) is 42.5 Å². The van der Waals surface area contributed by atoms with E-state index in [0.717, 1.165) is 52.5 Å². The monoisotopic (exact) mass is 414 g/mol. The quantitative estimate of drug-likeness (QED) is 0.517. The molecule has 0 fully saturated rings. The van der Waals surface area contributed by atoms with Gasteiger partial charge in [0.25, 0.3) is 0 Å². The molecule has 0 spiro atoms. The van der Waals surface area contributed by atoms with Crippen LogP contribution in [0.25, 0.3) is 0 Å². The largest absolute Gasteiger partial charge is 0.497 e. The van der Waals surface area contributed by atoms with Crippen LogP contribution in [-0.4, -0.2) is 24.4 Å². The van der Waals surface area contributed by atoms with Crippen molar-refractivity contribution >= 4 is 5.71 Å². The van der Waals surface area contributed by atoms with Crippen molar-refractivity contribution < 1.29 is 14.2 Å². The molecule has 0 saturated heterocycles. The molecule has 2 aliphatic rings. The molecule has 5 heteroatoms. The van der Waals surface area contributed by atoms with Gasteiger partial charge in [0.2, 0.25) is 6.23 Å². The van der Waals surface area contributed by atoms with E-state index in [9.17, 15) is 0 Å². The standard InChI is InChI=1S/C26H26N2O3/c1-3-16-30-24-10-6-5-9-21(24)26-28-23(20-8-4-7-11-25(20)31-26)17-22(27-28)18-12-14-19(29-2)15-13-18/h4-15,23,26H,3,16-17H2,1-2H3. The second-order valence-electron chi connectivity index (χ2n) is 7.77. The van der Waals surface area contributed by atoms with Gasteiger partial charge in [-0.05, 0) is 54.4 Å². The van der Waals surface area contributed by atoms with Gasteiger partial charge in [0, 0.05) is 12.0 Å². The molecule has 0 saturated carbocycles. The topological polar surface area (TPSA) is 43.3 Å². The summed E-state index contributed by atoms with van der Waals surface area (Å²) in [5.41, 5.74) is 4.31. The third kappa shape index (κ3) is 3.61. The normalized spacial score (nSPS) is 19.2. The number of ether oxygens (including phenoxy) is 3. The van der Waals surface area contributed by atoms with E-state index in [4.69, 9.17) is 19.3 Å². The van der Waals surface area contributed by atoms with Gasteiger partial charge in [-0.1, -0.05) is 37.3 Å². The first kappa shape index (κ1) is 19.5. The van der Waals surface area contributed by atoms with Gasteiger partial charge in [0.05, 0.1) is 31.0 Å². The summed E-state index contributed by atoms with van der Waals surface area (Å²) in [5, 5.41) is 7.14. The fourth-order valence-electron chi connectivity index (χ4n) is 4.23. The first-order valence-electron chi connectivity index (χ1n) is 10.8. The van der Waals surface area contributed by atoms with Crippen LogP contribution in [0.1, 0.15) is 48.7 Å². The minimum absolute atomic E-state index is 0.117. The maximum Gasteiger partial charge on any atom is 0.217 e. The van der Waals surface area contributed by atoms with E-state index >= 15 is 0 Å². The molecule has 5 rings (SSSR count). The summed E-state index contributed by atoms with van der Waals surface area (Å²) in [5.74, 6) is 2.60. The first-order valence-corrected chi connectivity index (χ1v) is 10.8. The molecule has 2 atom stereocenters. The number of nitrogens with zero attached hydrogens (tertiary/aromatic N) is 2. The average Bonchev–Trinajstić information content (AvgIpc) is 3.28. The molecule has 3 aromatic carbocycles. The Balaban J connectivity index is 1.55. The lowest BCUT2D eigenvalue weighted by Crippen LogP contribution is -2.34. The van der Waals surface area contributed by atoms with Gasteiger partial charge in [-0.15, -0.1) is 0 Å². The second-order valence-corrected chi connectivity index (χ2v) is 7.77. The molecule has 5 nitrogen and oxygen atoms in total. The molecule has 0 N–H and O–H groups in total. The van der Waals surface area contributed by atoms with E-state index in [1.165, 1.54) is 0 Å². The highest BCUT2D eigenvalue weighted by atomic mass is 16.5. The lowest BCUT2D eigenvalue weighted by molar-refractivity contribution is -0.0206. The maximum atomic E-state index is 6.49. The molecule has 0 bridgehead atoms. The van der Waals surface area contributed by atoms with Crippen molar-refractivity contribution in [3.8, 4) is 17.2 Å². The zero-order chi connectivity index (χ0) is 21.2. The van der Waals surface area contributed by atoms with Crippen LogP contribution in [0.3, 0.4) is 0 Å². The molecule has 2 aliphatic heterocycles. The summed E-state index contributed by atoms with van der Waals surface area (Å²) in [4.78, 5) is 0. The molecule has 0 aromatic heterocycles. The van der Waals surface area contributed by atoms with E-state index in [0.29, 0.717) is 6.61 Å². The van der Waals surface area contributed by atoms with Gasteiger partial charge < -0.3 is 14.2 Å². The molecular formula is C26H26N2O3. The Kier molecular flexibility index (Phi) is 5.24. The molecule has 158 valence electrons. The van der Waals surface area contributed by atoms with Gasteiger partial charge >= 0.3 is 0 Å². The zero-order valence-electron chi connectivity index (χ0n) is 17.8. The fourth-order valence-corrected chi connectivity index (χ4v) is 4.23. The molecule has 2 heterocycles. The Bertz CT molecular complexity index is 1090. The summed E-state index contributed by atoms with van der Waals surface area (Å²) in [6.45, 7) is 2.78. The number of fused-ring (bicyclic) bond motifs is 3. The summed E-state index contributed by atoms with van der Waals surface area (Å²) in [7, 11) is 1.68. The molecule has 3 aromatic rings. The van der Waals surface area contributed by atoms with Gasteiger partial charge in [0.1, 0.15) is 17.2 Å². The number of methoxy groups -OCH3 is 1. The predicted octanol–water partition coefficient (Wildman–Crippen LogP) is 5.73. The van der Waals surface area contributed by atoms with Crippen molar-refractivity contribution in [1.82, 2.24) is 5.01 Å². The van der Waals surface area contributed by atoms with E-state index in [-0.39, 0.29) is 12.3 Å². The van der Waals surface area contributed by atoms with Crippen molar-refractivity contribution in [2.45, 2.75) is 32.0 Å². The Morgan fingerprint density at radius 3 is 2.48 bits per heavy atom. The van der Waals surface area contributed by atoms with Crippen molar-refractivity contribution in [1.29, 1.82) is 0 Å². The van der Waals surface area contributed by atoms with Crippen LogP contribution in [0.4, 0.5) is 0 Å². The van der Waals surface area contributed by atoms with Crippen LogP contribution in [0.2, 0.25) is 0 Å². The molecule has 0 aliphatic carbocycles. The molecule has 0 amide bonds. The van der Waals surface area contributed by atoms with Crippen LogP contribution in [-0.2, 0) is 0 Å². The fraction of sp³-hybridized carbons (Fsp3) is 0.269. The van der Waals surface area contributed by atoms with Crippen LogP contribution in [0.15, 0.2) is 77.9 Å². The number of benzene rings is 3. The van der Waals surface area contributed by atoms with Crippen molar-refractivity contribution in [3.05, 3.63) is 89.5 Å². The first-order chi connectivity index (χ1) is 15.3. The summed E-state index contributed by atoms with van der Waals surface area (Å²) in [6.07, 6.45) is 1.43. The van der Waals surface area contributed by atoms with Gasteiger partial charge in [-0.25, -0.2) is 5.01 Å². The van der Waals surface area contributed by atoms with Crippen LogP contribution >= 0.6 is 0 Å². The lowest BCUT2D eigenvalue weighted by atomic mass is 9.96. The van der Waals surface area contributed by atoms with Gasteiger partial charge in [0.15, 0.2) is 0 Å². The summed E-state index contributed by atoms with van der Waals surface area (Å²) in [6, 6.07) is 24.6. The van der Waals surface area contributed by atoms with Crippen LogP contribution in [0.5, 0.6) is 17.2 Å². The Morgan fingerprint density at radius 1 is 0.968 bits per heavy atom. The Hall–Kier alpha value is -3.47. The van der Waals surface area contributed by atoms with Gasteiger partial charge in [-0.2, -0.15) is 5.10 Å². The highest BCUT2D eigenvalue weighted by Gasteiger charge is 2.41. The van der Waals surface area contributed by atoms with Crippen LogP contribution < -0.4 is 14.2 Å². The highest BCUT2D eigenvalue weighted by molar-refractivity contribution is 6.02. The van der Waals surface area contributed by atoms with E-state index in [2.05, 4.69) is 42.3 Å².